The zero-order valence-electron chi connectivity index (χ0n) is 11.6. The van der Waals surface area contributed by atoms with Gasteiger partial charge in [0.2, 0.25) is 0 Å². The van der Waals surface area contributed by atoms with Crippen LogP contribution < -0.4 is 10.1 Å². The highest BCUT2D eigenvalue weighted by Crippen LogP contribution is 2.27. The lowest BCUT2D eigenvalue weighted by Gasteiger charge is -2.08. The van der Waals surface area contributed by atoms with Crippen LogP contribution in [0, 0.1) is 0 Å². The van der Waals surface area contributed by atoms with Gasteiger partial charge in [0.05, 0.1) is 11.1 Å². The number of amides is 2. The number of benzene rings is 1. The average Bonchev–Trinajstić information content (AvgIpc) is 2.44. The van der Waals surface area contributed by atoms with E-state index in [9.17, 15) is 14.4 Å². The van der Waals surface area contributed by atoms with Crippen LogP contribution in [-0.4, -0.2) is 37.8 Å². The minimum Gasteiger partial charge on any atom is -0.481 e. The van der Waals surface area contributed by atoms with Crippen LogP contribution in [0.3, 0.4) is 0 Å². The van der Waals surface area contributed by atoms with Crippen LogP contribution in [0.15, 0.2) is 22.7 Å². The minimum absolute atomic E-state index is 0.128. The molecule has 22 heavy (non-hydrogen) atoms. The third-order valence-electron chi connectivity index (χ3n) is 2.12. The molecular weight excluding hydrogens is 382 g/mol. The number of imide groups is 1. The summed E-state index contributed by atoms with van der Waals surface area (Å²) in [6.07, 6.45) is -0.898. The van der Waals surface area contributed by atoms with Gasteiger partial charge in [-0.3, -0.25) is 10.1 Å². The fraction of sp³-hybridized carbons (Fsp3) is 0.308. The van der Waals surface area contributed by atoms with Crippen molar-refractivity contribution in [3.63, 3.8) is 0 Å². The second kappa shape index (κ2) is 9.26. The van der Waals surface area contributed by atoms with Gasteiger partial charge in [0, 0.05) is 5.02 Å². The molecule has 0 aliphatic heterocycles. The molecular formula is C13H13BrClNO6. The van der Waals surface area contributed by atoms with Gasteiger partial charge in [0.15, 0.2) is 13.2 Å². The number of hydrogen-bond acceptors (Lipinski definition) is 6. The molecule has 9 heteroatoms. The molecule has 0 radical (unpaired) electrons. The summed E-state index contributed by atoms with van der Waals surface area (Å²) in [6.45, 7) is 0.717. The first-order chi connectivity index (χ1) is 10.4. The predicted octanol–water partition coefficient (Wildman–Crippen LogP) is 2.30. The molecule has 0 unspecified atom stereocenters. The van der Waals surface area contributed by atoms with E-state index in [0.29, 0.717) is 15.2 Å². The maximum atomic E-state index is 11.4. The molecule has 0 fully saturated rings. The highest BCUT2D eigenvalue weighted by molar-refractivity contribution is 9.10. The van der Waals surface area contributed by atoms with Crippen LogP contribution in [0.2, 0.25) is 5.02 Å². The number of alkyl carbamates (subject to hydrolysis) is 1. The molecule has 0 atom stereocenters. The maximum Gasteiger partial charge on any atom is 0.413 e. The maximum absolute atomic E-state index is 11.4. The molecule has 2 amide bonds. The van der Waals surface area contributed by atoms with Gasteiger partial charge in [-0.05, 0) is 41.1 Å². The topological polar surface area (TPSA) is 90.9 Å². The van der Waals surface area contributed by atoms with Gasteiger partial charge in [-0.15, -0.1) is 0 Å². The van der Waals surface area contributed by atoms with Crippen molar-refractivity contribution in [2.24, 2.45) is 0 Å². The average molecular weight is 395 g/mol. The summed E-state index contributed by atoms with van der Waals surface area (Å²) in [5, 5.41) is 2.40. The van der Waals surface area contributed by atoms with Crippen molar-refractivity contribution >= 4 is 45.5 Å². The number of carbonyl (C=O) groups is 3. The Labute approximate surface area is 140 Å². The first kappa shape index (κ1) is 18.2. The van der Waals surface area contributed by atoms with E-state index in [1.807, 2.05) is 5.32 Å². The Hall–Kier alpha value is -1.80. The molecule has 0 bridgehead atoms. The molecule has 0 aliphatic carbocycles. The molecule has 1 rings (SSSR count). The summed E-state index contributed by atoms with van der Waals surface area (Å²) in [5.74, 6) is -1.15. The van der Waals surface area contributed by atoms with Crippen LogP contribution >= 0.6 is 27.5 Å². The Morgan fingerprint density at radius 2 is 1.95 bits per heavy atom. The molecule has 7 nitrogen and oxygen atoms in total. The van der Waals surface area contributed by atoms with E-state index in [1.54, 1.807) is 25.1 Å². The van der Waals surface area contributed by atoms with E-state index in [0.717, 1.165) is 0 Å². The third kappa shape index (κ3) is 6.77. The van der Waals surface area contributed by atoms with E-state index in [1.165, 1.54) is 0 Å². The normalized spacial score (nSPS) is 9.77. The number of halogens is 2. The van der Waals surface area contributed by atoms with Crippen LogP contribution in [-0.2, 0) is 19.1 Å². The lowest BCUT2D eigenvalue weighted by atomic mass is 10.3. The summed E-state index contributed by atoms with van der Waals surface area (Å²) in [5.41, 5.74) is 0. The number of esters is 1. The number of nitrogens with one attached hydrogen (secondary N) is 1. The monoisotopic (exact) mass is 393 g/mol. The van der Waals surface area contributed by atoms with Crippen molar-refractivity contribution in [1.82, 2.24) is 5.32 Å². The standard InChI is InChI=1S/C13H13BrClNO6/c1-2-20-13(19)16-11(17)6-22-12(18)7-21-10-4-3-8(15)5-9(10)14/h3-5H,2,6-7H2,1H3,(H,16,17,19). The lowest BCUT2D eigenvalue weighted by molar-refractivity contribution is -0.150. The Kier molecular flexibility index (Phi) is 7.69. The molecule has 0 spiro atoms. The fourth-order valence-corrected chi connectivity index (χ4v) is 2.03. The molecule has 1 aromatic carbocycles. The summed E-state index contributed by atoms with van der Waals surface area (Å²) in [6, 6.07) is 4.78. The van der Waals surface area contributed by atoms with Crippen molar-refractivity contribution in [2.75, 3.05) is 19.8 Å². The van der Waals surface area contributed by atoms with Gasteiger partial charge in [-0.2, -0.15) is 0 Å². The van der Waals surface area contributed by atoms with E-state index < -0.39 is 31.2 Å². The second-order valence-corrected chi connectivity index (χ2v) is 5.08. The highest BCUT2D eigenvalue weighted by atomic mass is 79.9. The first-order valence-electron chi connectivity index (χ1n) is 6.12. The Morgan fingerprint density at radius 3 is 2.59 bits per heavy atom. The van der Waals surface area contributed by atoms with Gasteiger partial charge in [-0.1, -0.05) is 11.6 Å². The molecule has 0 heterocycles. The Bertz CT molecular complexity index is 565. The van der Waals surface area contributed by atoms with Crippen molar-refractivity contribution in [3.05, 3.63) is 27.7 Å². The summed E-state index contributed by atoms with van der Waals surface area (Å²) >= 11 is 8.99. The van der Waals surface area contributed by atoms with Crippen LogP contribution in [0.4, 0.5) is 4.79 Å². The quantitative estimate of drug-likeness (QED) is 0.745. The molecule has 0 aromatic heterocycles. The zero-order valence-corrected chi connectivity index (χ0v) is 13.9. The predicted molar refractivity (Wildman–Crippen MR) is 80.8 cm³/mol. The number of carbonyl (C=O) groups excluding carboxylic acids is 3. The largest absolute Gasteiger partial charge is 0.481 e. The van der Waals surface area contributed by atoms with Crippen molar-refractivity contribution < 1.29 is 28.6 Å². The Balaban J connectivity index is 2.31. The fourth-order valence-electron chi connectivity index (χ4n) is 1.23. The first-order valence-corrected chi connectivity index (χ1v) is 7.29. The smallest absolute Gasteiger partial charge is 0.413 e. The summed E-state index contributed by atoms with van der Waals surface area (Å²) in [7, 11) is 0. The van der Waals surface area contributed by atoms with Crippen molar-refractivity contribution in [2.45, 2.75) is 6.92 Å². The van der Waals surface area contributed by atoms with E-state index >= 15 is 0 Å². The number of hydrogen-bond donors (Lipinski definition) is 1. The Morgan fingerprint density at radius 1 is 1.23 bits per heavy atom. The molecule has 1 aromatic rings. The van der Waals surface area contributed by atoms with Crippen molar-refractivity contribution in [3.8, 4) is 5.75 Å². The van der Waals surface area contributed by atoms with Gasteiger partial charge >= 0.3 is 12.1 Å². The van der Waals surface area contributed by atoms with E-state index in [4.69, 9.17) is 16.3 Å². The van der Waals surface area contributed by atoms with E-state index in [2.05, 4.69) is 25.4 Å². The van der Waals surface area contributed by atoms with Crippen molar-refractivity contribution in [1.29, 1.82) is 0 Å². The summed E-state index contributed by atoms with van der Waals surface area (Å²) in [4.78, 5) is 33.6. The third-order valence-corrected chi connectivity index (χ3v) is 2.98. The second-order valence-electron chi connectivity index (χ2n) is 3.79. The highest BCUT2D eigenvalue weighted by Gasteiger charge is 2.12. The molecule has 120 valence electrons. The van der Waals surface area contributed by atoms with Crippen LogP contribution in [0.5, 0.6) is 5.75 Å². The zero-order chi connectivity index (χ0) is 16.5. The SMILES string of the molecule is CCOC(=O)NC(=O)COC(=O)COc1ccc(Cl)cc1Br. The van der Waals surface area contributed by atoms with Gasteiger partial charge in [-0.25, -0.2) is 9.59 Å². The molecule has 0 saturated heterocycles. The number of rotatable bonds is 6. The lowest BCUT2D eigenvalue weighted by Crippen LogP contribution is -2.35. The molecule has 0 saturated carbocycles. The molecule has 1 N–H and O–H groups in total. The van der Waals surface area contributed by atoms with Gasteiger partial charge in [0.25, 0.3) is 5.91 Å². The van der Waals surface area contributed by atoms with Crippen LogP contribution in [0.1, 0.15) is 6.92 Å². The minimum atomic E-state index is -0.898. The van der Waals surface area contributed by atoms with Gasteiger partial charge < -0.3 is 14.2 Å². The number of ether oxygens (including phenoxy) is 3. The van der Waals surface area contributed by atoms with E-state index in [-0.39, 0.29) is 6.61 Å². The molecule has 0 aliphatic rings. The van der Waals surface area contributed by atoms with Gasteiger partial charge in [0.1, 0.15) is 5.75 Å². The van der Waals surface area contributed by atoms with Crippen LogP contribution in [0.25, 0.3) is 0 Å². The summed E-state index contributed by atoms with van der Waals surface area (Å²) < 4.78 is 14.9.